The lowest BCUT2D eigenvalue weighted by molar-refractivity contribution is 0.240. The van der Waals surface area contributed by atoms with Crippen molar-refractivity contribution in [3.8, 4) is 5.75 Å². The van der Waals surface area contributed by atoms with E-state index in [1.54, 1.807) is 7.11 Å². The largest absolute Gasteiger partial charge is 0.496 e. The zero-order valence-electron chi connectivity index (χ0n) is 12.4. The van der Waals surface area contributed by atoms with Gasteiger partial charge in [-0.2, -0.15) is 0 Å². The van der Waals surface area contributed by atoms with Gasteiger partial charge in [-0.05, 0) is 42.7 Å². The van der Waals surface area contributed by atoms with E-state index < -0.39 is 0 Å². The molecular weight excluding hydrogens is 246 g/mol. The lowest BCUT2D eigenvalue weighted by Crippen LogP contribution is -2.36. The molecule has 0 bridgehead atoms. The first-order valence-electron chi connectivity index (χ1n) is 7.57. The van der Waals surface area contributed by atoms with E-state index in [-0.39, 0.29) is 0 Å². The number of hydrogen-bond acceptors (Lipinski definition) is 2. The summed E-state index contributed by atoms with van der Waals surface area (Å²) in [6.45, 7) is 3.25. The second-order valence-corrected chi connectivity index (χ2v) is 5.83. The standard InChI is InChI=1S/C18H23NO/c1-13(14-6-5-7-14)19-12-15-10-11-18(20-2)17-9-4-3-8-16(15)17/h3-4,8-11,13-14,19H,5-7,12H2,1-2H3. The summed E-state index contributed by atoms with van der Waals surface area (Å²) in [7, 11) is 1.73. The number of benzene rings is 2. The molecule has 1 aliphatic rings. The van der Waals surface area contributed by atoms with Crippen LogP contribution in [0.4, 0.5) is 0 Å². The third-order valence-corrected chi connectivity index (χ3v) is 4.67. The van der Waals surface area contributed by atoms with Crippen LogP contribution < -0.4 is 10.1 Å². The molecule has 2 nitrogen and oxygen atoms in total. The molecule has 1 unspecified atom stereocenters. The molecule has 0 aliphatic heterocycles. The summed E-state index contributed by atoms with van der Waals surface area (Å²) in [5.41, 5.74) is 1.35. The van der Waals surface area contributed by atoms with Crippen LogP contribution in [0.25, 0.3) is 10.8 Å². The Bertz CT molecular complexity index is 589. The molecule has 2 heteroatoms. The van der Waals surface area contributed by atoms with Gasteiger partial charge in [0.05, 0.1) is 7.11 Å². The molecule has 0 amide bonds. The Balaban J connectivity index is 1.80. The summed E-state index contributed by atoms with van der Waals surface area (Å²) >= 11 is 0. The second-order valence-electron chi connectivity index (χ2n) is 5.83. The number of hydrogen-bond donors (Lipinski definition) is 1. The summed E-state index contributed by atoms with van der Waals surface area (Å²) < 4.78 is 5.45. The van der Waals surface area contributed by atoms with Crippen molar-refractivity contribution < 1.29 is 4.74 Å². The summed E-state index contributed by atoms with van der Waals surface area (Å²) in [6.07, 6.45) is 4.18. The SMILES string of the molecule is COc1ccc(CNC(C)C2CCC2)c2ccccc12. The molecule has 1 N–H and O–H groups in total. The highest BCUT2D eigenvalue weighted by molar-refractivity contribution is 5.91. The van der Waals surface area contributed by atoms with Crippen LogP contribution in [0.2, 0.25) is 0 Å². The molecule has 2 aromatic carbocycles. The third-order valence-electron chi connectivity index (χ3n) is 4.67. The van der Waals surface area contributed by atoms with Gasteiger partial charge in [-0.1, -0.05) is 36.8 Å². The Morgan fingerprint density at radius 1 is 1.15 bits per heavy atom. The Labute approximate surface area is 121 Å². The summed E-state index contributed by atoms with van der Waals surface area (Å²) in [6, 6.07) is 13.4. The molecule has 1 aliphatic carbocycles. The van der Waals surface area contributed by atoms with Gasteiger partial charge in [-0.15, -0.1) is 0 Å². The van der Waals surface area contributed by atoms with Crippen molar-refractivity contribution in [2.45, 2.75) is 38.8 Å². The van der Waals surface area contributed by atoms with Crippen LogP contribution in [0.1, 0.15) is 31.7 Å². The van der Waals surface area contributed by atoms with Crippen molar-refractivity contribution in [3.63, 3.8) is 0 Å². The molecule has 1 atom stereocenters. The highest BCUT2D eigenvalue weighted by Gasteiger charge is 2.23. The topological polar surface area (TPSA) is 21.3 Å². The van der Waals surface area contributed by atoms with Gasteiger partial charge < -0.3 is 10.1 Å². The number of nitrogens with one attached hydrogen (secondary N) is 1. The molecule has 1 fully saturated rings. The molecule has 0 saturated heterocycles. The van der Waals surface area contributed by atoms with Crippen molar-refractivity contribution in [2.24, 2.45) is 5.92 Å². The van der Waals surface area contributed by atoms with Gasteiger partial charge in [0.2, 0.25) is 0 Å². The Morgan fingerprint density at radius 3 is 2.55 bits per heavy atom. The van der Waals surface area contributed by atoms with Gasteiger partial charge in [0.1, 0.15) is 5.75 Å². The summed E-state index contributed by atoms with van der Waals surface area (Å²) in [4.78, 5) is 0. The fourth-order valence-corrected chi connectivity index (χ4v) is 3.04. The average Bonchev–Trinajstić information content (AvgIpc) is 2.42. The molecule has 0 spiro atoms. The smallest absolute Gasteiger partial charge is 0.126 e. The van der Waals surface area contributed by atoms with Gasteiger partial charge in [0.25, 0.3) is 0 Å². The number of fused-ring (bicyclic) bond motifs is 1. The number of ether oxygens (including phenoxy) is 1. The van der Waals surface area contributed by atoms with E-state index in [1.807, 2.05) is 0 Å². The second kappa shape index (κ2) is 5.84. The quantitative estimate of drug-likeness (QED) is 0.881. The van der Waals surface area contributed by atoms with Gasteiger partial charge >= 0.3 is 0 Å². The maximum atomic E-state index is 5.45. The fraction of sp³-hybridized carbons (Fsp3) is 0.444. The van der Waals surface area contributed by atoms with Crippen LogP contribution in [-0.2, 0) is 6.54 Å². The first-order chi connectivity index (χ1) is 9.79. The van der Waals surface area contributed by atoms with Crippen molar-refractivity contribution in [3.05, 3.63) is 42.0 Å². The van der Waals surface area contributed by atoms with Gasteiger partial charge in [0.15, 0.2) is 0 Å². The highest BCUT2D eigenvalue weighted by atomic mass is 16.5. The molecule has 0 aromatic heterocycles. The van der Waals surface area contributed by atoms with Crippen molar-refractivity contribution in [2.75, 3.05) is 7.11 Å². The van der Waals surface area contributed by atoms with Gasteiger partial charge in [0, 0.05) is 18.0 Å². The minimum atomic E-state index is 0.615. The maximum absolute atomic E-state index is 5.45. The zero-order valence-corrected chi connectivity index (χ0v) is 12.4. The molecule has 0 radical (unpaired) electrons. The van der Waals surface area contributed by atoms with E-state index in [0.29, 0.717) is 6.04 Å². The van der Waals surface area contributed by atoms with Crippen molar-refractivity contribution in [1.29, 1.82) is 0 Å². The first kappa shape index (κ1) is 13.4. The van der Waals surface area contributed by atoms with Crippen LogP contribution in [-0.4, -0.2) is 13.2 Å². The van der Waals surface area contributed by atoms with Crippen molar-refractivity contribution in [1.82, 2.24) is 5.32 Å². The van der Waals surface area contributed by atoms with E-state index >= 15 is 0 Å². The number of rotatable bonds is 5. The monoisotopic (exact) mass is 269 g/mol. The third kappa shape index (κ3) is 2.53. The zero-order chi connectivity index (χ0) is 13.9. The lowest BCUT2D eigenvalue weighted by Gasteiger charge is -2.32. The van der Waals surface area contributed by atoms with Crippen LogP contribution in [0.3, 0.4) is 0 Å². The van der Waals surface area contributed by atoms with E-state index in [9.17, 15) is 0 Å². The average molecular weight is 269 g/mol. The molecule has 20 heavy (non-hydrogen) atoms. The van der Waals surface area contributed by atoms with E-state index in [0.717, 1.165) is 18.2 Å². The Kier molecular flexibility index (Phi) is 3.93. The van der Waals surface area contributed by atoms with E-state index in [4.69, 9.17) is 4.74 Å². The van der Waals surface area contributed by atoms with Gasteiger partial charge in [-0.25, -0.2) is 0 Å². The summed E-state index contributed by atoms with van der Waals surface area (Å²) in [5, 5.41) is 6.18. The molecule has 3 rings (SSSR count). The molecule has 0 heterocycles. The lowest BCUT2D eigenvalue weighted by atomic mass is 9.80. The maximum Gasteiger partial charge on any atom is 0.126 e. The molecule has 1 saturated carbocycles. The molecule has 106 valence electrons. The van der Waals surface area contributed by atoms with Crippen LogP contribution >= 0.6 is 0 Å². The summed E-state index contributed by atoms with van der Waals surface area (Å²) in [5.74, 6) is 1.83. The van der Waals surface area contributed by atoms with Gasteiger partial charge in [-0.3, -0.25) is 0 Å². The Morgan fingerprint density at radius 2 is 1.90 bits per heavy atom. The van der Waals surface area contributed by atoms with Crippen LogP contribution in [0.15, 0.2) is 36.4 Å². The van der Waals surface area contributed by atoms with Crippen molar-refractivity contribution >= 4 is 10.8 Å². The first-order valence-corrected chi connectivity index (χ1v) is 7.57. The normalized spacial score (nSPS) is 16.9. The Hall–Kier alpha value is -1.54. The fourth-order valence-electron chi connectivity index (χ4n) is 3.04. The predicted octanol–water partition coefficient (Wildman–Crippen LogP) is 4.13. The van der Waals surface area contributed by atoms with E-state index in [1.165, 1.54) is 35.6 Å². The van der Waals surface area contributed by atoms with Crippen LogP contribution in [0.5, 0.6) is 5.75 Å². The number of methoxy groups -OCH3 is 1. The molecule has 2 aromatic rings. The predicted molar refractivity (Wildman–Crippen MR) is 84.1 cm³/mol. The minimum absolute atomic E-state index is 0.615. The van der Waals surface area contributed by atoms with Crippen LogP contribution in [0, 0.1) is 5.92 Å². The van der Waals surface area contributed by atoms with E-state index in [2.05, 4.69) is 48.6 Å². The minimum Gasteiger partial charge on any atom is -0.496 e. The molecular formula is C18H23NO. The highest BCUT2D eigenvalue weighted by Crippen LogP contribution is 2.31.